The van der Waals surface area contributed by atoms with Crippen molar-refractivity contribution in [2.24, 2.45) is 0 Å². The largest absolute Gasteiger partial charge is 0.416 e. The molecule has 0 saturated carbocycles. The topological polar surface area (TPSA) is 48.5 Å². The summed E-state index contributed by atoms with van der Waals surface area (Å²) in [6.45, 7) is 7.04. The molecule has 8 heteroatoms. The van der Waals surface area contributed by atoms with Gasteiger partial charge < -0.3 is 15.1 Å². The molecular formula is C19H21F3N4O. The first-order chi connectivity index (χ1) is 12.9. The summed E-state index contributed by atoms with van der Waals surface area (Å²) in [5.41, 5.74) is 0.340. The molecule has 0 atom stereocenters. The van der Waals surface area contributed by atoms with Gasteiger partial charge in [-0.1, -0.05) is 6.92 Å². The van der Waals surface area contributed by atoms with E-state index in [-0.39, 0.29) is 5.56 Å². The van der Waals surface area contributed by atoms with Crippen molar-refractivity contribution >= 4 is 17.4 Å². The molecule has 144 valence electrons. The molecule has 1 amide bonds. The van der Waals surface area contributed by atoms with Crippen LogP contribution in [-0.4, -0.2) is 48.5 Å². The van der Waals surface area contributed by atoms with Crippen molar-refractivity contribution in [1.82, 2.24) is 9.88 Å². The van der Waals surface area contributed by atoms with Crippen LogP contribution >= 0.6 is 0 Å². The number of amides is 1. The van der Waals surface area contributed by atoms with Crippen LogP contribution in [0.5, 0.6) is 0 Å². The molecule has 5 nitrogen and oxygen atoms in total. The summed E-state index contributed by atoms with van der Waals surface area (Å²) in [5, 5.41) is 2.60. The number of likely N-dealkylation sites (N-methyl/N-ethyl adjacent to an activating group) is 1. The Morgan fingerprint density at radius 2 is 1.74 bits per heavy atom. The maximum Gasteiger partial charge on any atom is 0.416 e. The van der Waals surface area contributed by atoms with E-state index in [1.165, 1.54) is 0 Å². The van der Waals surface area contributed by atoms with Gasteiger partial charge >= 0.3 is 6.18 Å². The molecule has 0 bridgehead atoms. The number of nitrogens with one attached hydrogen (secondary N) is 1. The summed E-state index contributed by atoms with van der Waals surface area (Å²) < 4.78 is 37.8. The summed E-state index contributed by atoms with van der Waals surface area (Å²) in [6, 6.07) is 7.67. The number of benzene rings is 1. The lowest BCUT2D eigenvalue weighted by molar-refractivity contribution is -0.137. The second kappa shape index (κ2) is 7.96. The van der Waals surface area contributed by atoms with Crippen molar-refractivity contribution in [3.8, 4) is 0 Å². The lowest BCUT2D eigenvalue weighted by Gasteiger charge is -2.35. The van der Waals surface area contributed by atoms with E-state index in [0.29, 0.717) is 5.82 Å². The smallest absolute Gasteiger partial charge is 0.368 e. The highest BCUT2D eigenvalue weighted by Crippen LogP contribution is 2.29. The molecule has 0 aliphatic carbocycles. The van der Waals surface area contributed by atoms with Gasteiger partial charge in [-0.15, -0.1) is 0 Å². The summed E-state index contributed by atoms with van der Waals surface area (Å²) in [4.78, 5) is 21.0. The van der Waals surface area contributed by atoms with E-state index in [1.807, 2.05) is 6.07 Å². The number of alkyl halides is 3. The first-order valence-electron chi connectivity index (χ1n) is 8.79. The lowest BCUT2D eigenvalue weighted by Crippen LogP contribution is -2.46. The molecule has 1 N–H and O–H groups in total. The Kier molecular flexibility index (Phi) is 5.65. The minimum absolute atomic E-state index is 0.143. The number of pyridine rings is 1. The van der Waals surface area contributed by atoms with Gasteiger partial charge in [-0.05, 0) is 42.9 Å². The maximum absolute atomic E-state index is 12.6. The van der Waals surface area contributed by atoms with E-state index in [0.717, 1.165) is 62.7 Å². The van der Waals surface area contributed by atoms with Crippen molar-refractivity contribution in [2.75, 3.05) is 42.9 Å². The van der Waals surface area contributed by atoms with Crippen LogP contribution in [0.2, 0.25) is 0 Å². The first kappa shape index (κ1) is 19.2. The van der Waals surface area contributed by atoms with E-state index in [1.54, 1.807) is 12.3 Å². The summed E-state index contributed by atoms with van der Waals surface area (Å²) in [5.74, 6) is -0.142. The summed E-state index contributed by atoms with van der Waals surface area (Å²) >= 11 is 0. The zero-order chi connectivity index (χ0) is 19.4. The molecule has 27 heavy (non-hydrogen) atoms. The van der Waals surface area contributed by atoms with Crippen molar-refractivity contribution in [2.45, 2.75) is 13.1 Å². The number of carbonyl (C=O) groups is 1. The summed E-state index contributed by atoms with van der Waals surface area (Å²) in [6.07, 6.45) is -2.72. The number of nitrogens with zero attached hydrogens (tertiary/aromatic N) is 3. The Labute approximate surface area is 155 Å². The quantitative estimate of drug-likeness (QED) is 0.885. The van der Waals surface area contributed by atoms with Crippen LogP contribution in [0.3, 0.4) is 0 Å². The average molecular weight is 378 g/mol. The van der Waals surface area contributed by atoms with Crippen molar-refractivity contribution in [3.05, 3.63) is 53.7 Å². The van der Waals surface area contributed by atoms with Crippen LogP contribution in [0.15, 0.2) is 42.6 Å². The molecule has 1 aliphatic heterocycles. The zero-order valence-electron chi connectivity index (χ0n) is 15.0. The third-order valence-electron chi connectivity index (χ3n) is 4.65. The van der Waals surface area contributed by atoms with Gasteiger partial charge in [-0.25, -0.2) is 4.98 Å². The standard InChI is InChI=1S/C19H21F3N4O/c1-2-25-9-11-26(12-10-25)16-7-8-17(23-13-16)24-18(27)14-3-5-15(6-4-14)19(20,21)22/h3-8,13H,2,9-12H2,1H3,(H,23,24,27). The molecule has 0 unspecified atom stereocenters. The van der Waals surface area contributed by atoms with Crippen LogP contribution in [-0.2, 0) is 6.18 Å². The van der Waals surface area contributed by atoms with Gasteiger partial charge in [-0.3, -0.25) is 4.79 Å². The number of anilines is 2. The molecule has 0 radical (unpaired) electrons. The number of hydrogen-bond donors (Lipinski definition) is 1. The Morgan fingerprint density at radius 1 is 1.07 bits per heavy atom. The van der Waals surface area contributed by atoms with E-state index >= 15 is 0 Å². The fraction of sp³-hybridized carbons (Fsp3) is 0.368. The van der Waals surface area contributed by atoms with Crippen LogP contribution < -0.4 is 10.2 Å². The number of rotatable bonds is 4. The maximum atomic E-state index is 12.6. The fourth-order valence-electron chi connectivity index (χ4n) is 2.97. The Bertz CT molecular complexity index is 767. The zero-order valence-corrected chi connectivity index (χ0v) is 15.0. The predicted octanol–water partition coefficient (Wildman–Crippen LogP) is 3.49. The van der Waals surface area contributed by atoms with Crippen molar-refractivity contribution in [1.29, 1.82) is 0 Å². The van der Waals surface area contributed by atoms with Crippen molar-refractivity contribution in [3.63, 3.8) is 0 Å². The van der Waals surface area contributed by atoms with E-state index in [9.17, 15) is 18.0 Å². The molecule has 1 aliphatic rings. The highest BCUT2D eigenvalue weighted by Gasteiger charge is 2.30. The van der Waals surface area contributed by atoms with Gasteiger partial charge in [0, 0.05) is 31.7 Å². The molecule has 1 saturated heterocycles. The second-order valence-electron chi connectivity index (χ2n) is 6.35. The van der Waals surface area contributed by atoms with Gasteiger partial charge in [0.1, 0.15) is 5.82 Å². The highest BCUT2D eigenvalue weighted by molar-refractivity contribution is 6.03. The molecule has 1 aromatic heterocycles. The molecule has 2 aromatic rings. The highest BCUT2D eigenvalue weighted by atomic mass is 19.4. The molecule has 2 heterocycles. The molecule has 0 spiro atoms. The number of halogens is 3. The third-order valence-corrected chi connectivity index (χ3v) is 4.65. The predicted molar refractivity (Wildman–Crippen MR) is 98.0 cm³/mol. The molecule has 1 aromatic carbocycles. The van der Waals surface area contributed by atoms with Gasteiger partial charge in [0.25, 0.3) is 5.91 Å². The Hall–Kier alpha value is -2.61. The number of aromatic nitrogens is 1. The first-order valence-corrected chi connectivity index (χ1v) is 8.79. The van der Waals surface area contributed by atoms with Crippen molar-refractivity contribution < 1.29 is 18.0 Å². The number of carbonyl (C=O) groups excluding carboxylic acids is 1. The van der Waals surface area contributed by atoms with Crippen LogP contribution in [0.1, 0.15) is 22.8 Å². The minimum atomic E-state index is -4.42. The Balaban J connectivity index is 1.60. The average Bonchev–Trinajstić information content (AvgIpc) is 2.68. The van der Waals surface area contributed by atoms with Gasteiger partial charge in [0.05, 0.1) is 17.4 Å². The molecular weight excluding hydrogens is 357 g/mol. The monoisotopic (exact) mass is 378 g/mol. The van der Waals surface area contributed by atoms with Gasteiger partial charge in [0.2, 0.25) is 0 Å². The van der Waals surface area contributed by atoms with Crippen LogP contribution in [0.25, 0.3) is 0 Å². The molecule has 1 fully saturated rings. The second-order valence-corrected chi connectivity index (χ2v) is 6.35. The summed E-state index contributed by atoms with van der Waals surface area (Å²) in [7, 11) is 0. The SMILES string of the molecule is CCN1CCN(c2ccc(NC(=O)c3ccc(C(F)(F)F)cc3)nc2)CC1. The normalized spacial score (nSPS) is 15.6. The number of piperazine rings is 1. The van der Waals surface area contributed by atoms with E-state index < -0.39 is 17.6 Å². The van der Waals surface area contributed by atoms with Gasteiger partial charge in [0.15, 0.2) is 0 Å². The lowest BCUT2D eigenvalue weighted by atomic mass is 10.1. The van der Waals surface area contributed by atoms with Crippen LogP contribution in [0, 0.1) is 0 Å². The number of hydrogen-bond acceptors (Lipinski definition) is 4. The fourth-order valence-corrected chi connectivity index (χ4v) is 2.97. The van der Waals surface area contributed by atoms with Crippen LogP contribution in [0.4, 0.5) is 24.7 Å². The molecule has 3 rings (SSSR count). The van der Waals surface area contributed by atoms with E-state index in [4.69, 9.17) is 0 Å². The minimum Gasteiger partial charge on any atom is -0.368 e. The van der Waals surface area contributed by atoms with E-state index in [2.05, 4.69) is 27.0 Å². The third kappa shape index (κ3) is 4.77. The van der Waals surface area contributed by atoms with Gasteiger partial charge in [-0.2, -0.15) is 13.2 Å². The Morgan fingerprint density at radius 3 is 2.26 bits per heavy atom.